The summed E-state index contributed by atoms with van der Waals surface area (Å²) in [6.45, 7) is 4.56. The molecule has 0 heterocycles. The maximum atomic E-state index is 10.9. The Labute approximate surface area is 117 Å². The van der Waals surface area contributed by atoms with Crippen LogP contribution in [0.5, 0.6) is 0 Å². The van der Waals surface area contributed by atoms with Crippen LogP contribution in [0.4, 0.5) is 0 Å². The Morgan fingerprint density at radius 1 is 0.947 bits per heavy atom. The standard InChI is InChI=1S/C15H30O4/c1-15(2,19-13-17-3)12-10-8-6-5-7-9-11-14(16)18-4/h5-13H2,1-4H3. The molecule has 0 fully saturated rings. The molecule has 0 aliphatic heterocycles. The van der Waals surface area contributed by atoms with Crippen LogP contribution in [0.3, 0.4) is 0 Å². The fourth-order valence-electron chi connectivity index (χ4n) is 1.92. The Kier molecular flexibility index (Phi) is 10.9. The SMILES string of the molecule is COCOC(C)(C)CCCCCCCCC(=O)OC. The molecule has 19 heavy (non-hydrogen) atoms. The van der Waals surface area contributed by atoms with Crippen molar-refractivity contribution < 1.29 is 19.0 Å². The molecule has 0 saturated carbocycles. The fourth-order valence-corrected chi connectivity index (χ4v) is 1.92. The number of methoxy groups -OCH3 is 2. The molecule has 0 aliphatic carbocycles. The van der Waals surface area contributed by atoms with Crippen molar-refractivity contribution in [1.82, 2.24) is 0 Å². The van der Waals surface area contributed by atoms with Gasteiger partial charge in [-0.15, -0.1) is 0 Å². The summed E-state index contributed by atoms with van der Waals surface area (Å²) in [6, 6.07) is 0. The number of hydrogen-bond acceptors (Lipinski definition) is 4. The van der Waals surface area contributed by atoms with E-state index in [4.69, 9.17) is 9.47 Å². The average Bonchev–Trinajstić information content (AvgIpc) is 2.39. The van der Waals surface area contributed by atoms with E-state index < -0.39 is 0 Å². The molecule has 114 valence electrons. The number of carbonyl (C=O) groups excluding carboxylic acids is 1. The molecule has 0 bridgehead atoms. The van der Waals surface area contributed by atoms with Gasteiger partial charge in [0.1, 0.15) is 6.79 Å². The molecule has 0 aromatic carbocycles. The number of hydrogen-bond donors (Lipinski definition) is 0. The van der Waals surface area contributed by atoms with E-state index >= 15 is 0 Å². The monoisotopic (exact) mass is 274 g/mol. The summed E-state index contributed by atoms with van der Waals surface area (Å²) >= 11 is 0. The van der Waals surface area contributed by atoms with Crippen molar-refractivity contribution in [2.45, 2.75) is 70.8 Å². The van der Waals surface area contributed by atoms with Gasteiger partial charge in [0.25, 0.3) is 0 Å². The van der Waals surface area contributed by atoms with E-state index in [1.54, 1.807) is 7.11 Å². The Hall–Kier alpha value is -0.610. The van der Waals surface area contributed by atoms with E-state index in [0.29, 0.717) is 13.2 Å². The predicted molar refractivity (Wildman–Crippen MR) is 76.0 cm³/mol. The normalized spacial score (nSPS) is 11.6. The van der Waals surface area contributed by atoms with E-state index in [-0.39, 0.29) is 11.6 Å². The Bertz CT molecular complexity index is 226. The zero-order valence-corrected chi connectivity index (χ0v) is 13.0. The highest BCUT2D eigenvalue weighted by molar-refractivity contribution is 5.68. The van der Waals surface area contributed by atoms with Gasteiger partial charge in [0.15, 0.2) is 0 Å². The third kappa shape index (κ3) is 12.2. The number of rotatable bonds is 12. The molecule has 0 aliphatic rings. The van der Waals surface area contributed by atoms with Gasteiger partial charge in [-0.2, -0.15) is 0 Å². The summed E-state index contributed by atoms with van der Waals surface area (Å²) in [6.07, 6.45) is 8.46. The van der Waals surface area contributed by atoms with Crippen LogP contribution in [-0.2, 0) is 19.0 Å². The second-order valence-electron chi connectivity index (χ2n) is 5.51. The maximum absolute atomic E-state index is 10.9. The molecular formula is C15H30O4. The van der Waals surface area contributed by atoms with Crippen LogP contribution in [0, 0.1) is 0 Å². The summed E-state index contributed by atoms with van der Waals surface area (Å²) in [5, 5.41) is 0. The molecule has 0 aromatic heterocycles. The maximum Gasteiger partial charge on any atom is 0.305 e. The van der Waals surface area contributed by atoms with Gasteiger partial charge in [0, 0.05) is 13.5 Å². The molecule has 0 atom stereocenters. The van der Waals surface area contributed by atoms with E-state index in [9.17, 15) is 4.79 Å². The third-order valence-electron chi connectivity index (χ3n) is 3.20. The molecule has 0 N–H and O–H groups in total. The van der Waals surface area contributed by atoms with Crippen LogP contribution in [0.15, 0.2) is 0 Å². The van der Waals surface area contributed by atoms with Gasteiger partial charge in [-0.25, -0.2) is 0 Å². The molecule has 0 rings (SSSR count). The molecular weight excluding hydrogens is 244 g/mol. The lowest BCUT2D eigenvalue weighted by atomic mass is 9.99. The van der Waals surface area contributed by atoms with E-state index in [1.807, 2.05) is 0 Å². The summed E-state index contributed by atoms with van der Waals surface area (Å²) in [5.41, 5.74) is -0.0963. The topological polar surface area (TPSA) is 44.8 Å². The van der Waals surface area contributed by atoms with Gasteiger partial charge in [-0.1, -0.05) is 32.1 Å². The minimum atomic E-state index is -0.1000. The number of esters is 1. The molecule has 0 saturated heterocycles. The summed E-state index contributed by atoms with van der Waals surface area (Å²) < 4.78 is 15.1. The van der Waals surface area contributed by atoms with Gasteiger partial charge in [0.05, 0.1) is 12.7 Å². The van der Waals surface area contributed by atoms with Gasteiger partial charge < -0.3 is 14.2 Å². The van der Waals surface area contributed by atoms with Crippen molar-refractivity contribution in [2.24, 2.45) is 0 Å². The second-order valence-corrected chi connectivity index (χ2v) is 5.51. The van der Waals surface area contributed by atoms with Crippen molar-refractivity contribution >= 4 is 5.97 Å². The van der Waals surface area contributed by atoms with Gasteiger partial charge in [-0.3, -0.25) is 4.79 Å². The van der Waals surface area contributed by atoms with Crippen LogP contribution in [0.1, 0.15) is 65.2 Å². The van der Waals surface area contributed by atoms with Crippen molar-refractivity contribution in [2.75, 3.05) is 21.0 Å². The smallest absolute Gasteiger partial charge is 0.305 e. The Balaban J connectivity index is 3.33. The summed E-state index contributed by atoms with van der Waals surface area (Å²) in [5.74, 6) is -0.1000. The first kappa shape index (κ1) is 18.4. The van der Waals surface area contributed by atoms with Crippen LogP contribution in [-0.4, -0.2) is 32.6 Å². The largest absolute Gasteiger partial charge is 0.469 e. The molecule has 0 aromatic rings. The van der Waals surface area contributed by atoms with Crippen LogP contribution < -0.4 is 0 Å². The lowest BCUT2D eigenvalue weighted by molar-refractivity contribution is -0.140. The minimum absolute atomic E-state index is 0.0963. The zero-order chi connectivity index (χ0) is 14.6. The lowest BCUT2D eigenvalue weighted by Crippen LogP contribution is -2.25. The quantitative estimate of drug-likeness (QED) is 0.309. The van der Waals surface area contributed by atoms with E-state index in [1.165, 1.54) is 32.8 Å². The molecule has 4 nitrogen and oxygen atoms in total. The lowest BCUT2D eigenvalue weighted by Gasteiger charge is -2.24. The molecule has 0 amide bonds. The number of ether oxygens (including phenoxy) is 3. The van der Waals surface area contributed by atoms with Crippen molar-refractivity contribution in [3.8, 4) is 0 Å². The van der Waals surface area contributed by atoms with Crippen molar-refractivity contribution in [3.63, 3.8) is 0 Å². The highest BCUT2D eigenvalue weighted by atomic mass is 16.7. The Morgan fingerprint density at radius 3 is 2.11 bits per heavy atom. The van der Waals surface area contributed by atoms with E-state index in [0.717, 1.165) is 19.3 Å². The number of carbonyl (C=O) groups is 1. The van der Waals surface area contributed by atoms with Gasteiger partial charge in [-0.05, 0) is 26.7 Å². The summed E-state index contributed by atoms with van der Waals surface area (Å²) in [4.78, 5) is 10.9. The summed E-state index contributed by atoms with van der Waals surface area (Å²) in [7, 11) is 3.08. The number of unbranched alkanes of at least 4 members (excludes halogenated alkanes) is 5. The fraction of sp³-hybridized carbons (Fsp3) is 0.933. The predicted octanol–water partition coefficient (Wildman–Crippen LogP) is 3.68. The highest BCUT2D eigenvalue weighted by Crippen LogP contribution is 2.19. The van der Waals surface area contributed by atoms with Gasteiger partial charge in [0.2, 0.25) is 0 Å². The molecule has 4 heteroatoms. The molecule has 0 spiro atoms. The molecule has 0 unspecified atom stereocenters. The average molecular weight is 274 g/mol. The zero-order valence-electron chi connectivity index (χ0n) is 13.0. The second kappa shape index (κ2) is 11.2. The van der Waals surface area contributed by atoms with Crippen LogP contribution in [0.25, 0.3) is 0 Å². The first-order chi connectivity index (χ1) is 9.02. The first-order valence-corrected chi connectivity index (χ1v) is 7.21. The van der Waals surface area contributed by atoms with Crippen LogP contribution >= 0.6 is 0 Å². The van der Waals surface area contributed by atoms with Crippen molar-refractivity contribution in [1.29, 1.82) is 0 Å². The highest BCUT2D eigenvalue weighted by Gasteiger charge is 2.17. The Morgan fingerprint density at radius 2 is 1.53 bits per heavy atom. The van der Waals surface area contributed by atoms with E-state index in [2.05, 4.69) is 18.6 Å². The first-order valence-electron chi connectivity index (χ1n) is 7.21. The third-order valence-corrected chi connectivity index (χ3v) is 3.20. The minimum Gasteiger partial charge on any atom is -0.469 e. The van der Waals surface area contributed by atoms with Gasteiger partial charge >= 0.3 is 5.97 Å². The van der Waals surface area contributed by atoms with Crippen molar-refractivity contribution in [3.05, 3.63) is 0 Å². The van der Waals surface area contributed by atoms with Crippen LogP contribution in [0.2, 0.25) is 0 Å². The molecule has 0 radical (unpaired) electrons.